The Hall–Kier alpha value is -2.82. The molecule has 0 aliphatic carbocycles. The number of carboxylic acid groups (broad SMARTS) is 1. The molecule has 0 spiro atoms. The zero-order valence-electron chi connectivity index (χ0n) is 12.7. The highest BCUT2D eigenvalue weighted by Crippen LogP contribution is 2.26. The van der Waals surface area contributed by atoms with Gasteiger partial charge in [0, 0.05) is 17.8 Å². The van der Waals surface area contributed by atoms with E-state index in [9.17, 15) is 24.9 Å². The molecule has 3 N–H and O–H groups in total. The largest absolute Gasteiger partial charge is 0.477 e. The first kappa shape index (κ1) is 15.7. The summed E-state index contributed by atoms with van der Waals surface area (Å²) < 4.78 is 1.46. The maximum absolute atomic E-state index is 12.4. The minimum absolute atomic E-state index is 0.000199. The number of aliphatic hydroxyl groups is 2. The van der Waals surface area contributed by atoms with E-state index in [4.69, 9.17) is 0 Å². The first-order valence-electron chi connectivity index (χ1n) is 7.25. The lowest BCUT2D eigenvalue weighted by atomic mass is 10.1. The molecule has 0 aromatic carbocycles. The van der Waals surface area contributed by atoms with Gasteiger partial charge in [0.2, 0.25) is 5.43 Å². The summed E-state index contributed by atoms with van der Waals surface area (Å²) in [7, 11) is 0. The fraction of sp³-hybridized carbons (Fsp3) is 0.200. The number of hydrogen-bond acceptors (Lipinski definition) is 8. The summed E-state index contributed by atoms with van der Waals surface area (Å²) >= 11 is 1.27. The topological polar surface area (TPSA) is 129 Å². The summed E-state index contributed by atoms with van der Waals surface area (Å²) in [6.45, 7) is 0.000397. The number of nitrogens with zero attached hydrogens (tertiary/aromatic N) is 4. The van der Waals surface area contributed by atoms with E-state index >= 15 is 0 Å². The highest BCUT2D eigenvalue weighted by atomic mass is 32.1. The van der Waals surface area contributed by atoms with Crippen LogP contribution in [0.3, 0.4) is 0 Å². The van der Waals surface area contributed by atoms with E-state index in [1.165, 1.54) is 28.2 Å². The van der Waals surface area contributed by atoms with E-state index in [0.717, 1.165) is 0 Å². The standard InChI is InChI=1S/C15H12N4O5S/c20-11-8-1-2-10(18-6-15(23,24)7-18)17-12(8)19(5-9(11)13(21)22)14-16-3-4-25-14/h1-5,23-24H,6-7H2,(H,21,22). The average Bonchev–Trinajstić information content (AvgIpc) is 3.06. The summed E-state index contributed by atoms with van der Waals surface area (Å²) in [5.74, 6) is -2.62. The van der Waals surface area contributed by atoms with Gasteiger partial charge in [0.1, 0.15) is 11.4 Å². The zero-order chi connectivity index (χ0) is 17.8. The molecule has 4 heterocycles. The van der Waals surface area contributed by atoms with Gasteiger partial charge in [-0.1, -0.05) is 0 Å². The number of carboxylic acids is 1. The Morgan fingerprint density at radius 1 is 1.28 bits per heavy atom. The van der Waals surface area contributed by atoms with Crippen molar-refractivity contribution in [3.05, 3.63) is 45.7 Å². The van der Waals surface area contributed by atoms with Crippen LogP contribution < -0.4 is 10.3 Å². The first-order chi connectivity index (χ1) is 11.9. The third kappa shape index (κ3) is 2.56. The van der Waals surface area contributed by atoms with Crippen LogP contribution in [0.25, 0.3) is 16.2 Å². The number of rotatable bonds is 3. The van der Waals surface area contributed by atoms with Crippen molar-refractivity contribution >= 4 is 34.2 Å². The number of anilines is 1. The third-order valence-electron chi connectivity index (χ3n) is 3.90. The Bertz CT molecular complexity index is 1040. The molecular weight excluding hydrogens is 348 g/mol. The molecule has 0 atom stereocenters. The number of carbonyl (C=O) groups is 1. The fourth-order valence-corrected chi connectivity index (χ4v) is 3.35. The fourth-order valence-electron chi connectivity index (χ4n) is 2.73. The molecule has 4 rings (SSSR count). The minimum atomic E-state index is -1.75. The first-order valence-corrected chi connectivity index (χ1v) is 8.13. The maximum Gasteiger partial charge on any atom is 0.341 e. The summed E-state index contributed by atoms with van der Waals surface area (Å²) in [5.41, 5.74) is -0.738. The monoisotopic (exact) mass is 360 g/mol. The molecule has 10 heteroatoms. The van der Waals surface area contributed by atoms with Crippen molar-refractivity contribution in [3.63, 3.8) is 0 Å². The van der Waals surface area contributed by atoms with Gasteiger partial charge in [-0.05, 0) is 12.1 Å². The zero-order valence-corrected chi connectivity index (χ0v) is 13.5. The van der Waals surface area contributed by atoms with E-state index in [1.54, 1.807) is 22.5 Å². The lowest BCUT2D eigenvalue weighted by molar-refractivity contribution is -0.176. The van der Waals surface area contributed by atoms with Gasteiger partial charge in [0.15, 0.2) is 16.6 Å². The predicted molar refractivity (Wildman–Crippen MR) is 89.4 cm³/mol. The Morgan fingerprint density at radius 2 is 2.04 bits per heavy atom. The SMILES string of the molecule is O=C(O)c1cn(-c2nccs2)c2nc(N3CC(O)(O)C3)ccc2c1=O. The number of aromatic nitrogens is 3. The van der Waals surface area contributed by atoms with Crippen LogP contribution in [0, 0.1) is 0 Å². The van der Waals surface area contributed by atoms with Crippen molar-refractivity contribution in [2.45, 2.75) is 5.79 Å². The molecule has 25 heavy (non-hydrogen) atoms. The van der Waals surface area contributed by atoms with E-state index in [0.29, 0.717) is 10.9 Å². The van der Waals surface area contributed by atoms with E-state index in [2.05, 4.69) is 9.97 Å². The van der Waals surface area contributed by atoms with Crippen molar-refractivity contribution in [3.8, 4) is 5.13 Å². The molecule has 0 bridgehead atoms. The van der Waals surface area contributed by atoms with E-state index in [1.807, 2.05) is 0 Å². The molecule has 0 radical (unpaired) electrons. The van der Waals surface area contributed by atoms with Gasteiger partial charge in [0.25, 0.3) is 0 Å². The molecule has 1 aliphatic heterocycles. The van der Waals surface area contributed by atoms with Gasteiger partial charge in [-0.25, -0.2) is 14.8 Å². The van der Waals surface area contributed by atoms with Crippen LogP contribution in [0.5, 0.6) is 0 Å². The van der Waals surface area contributed by atoms with Crippen molar-refractivity contribution in [2.75, 3.05) is 18.0 Å². The van der Waals surface area contributed by atoms with Gasteiger partial charge in [0.05, 0.1) is 18.5 Å². The number of β-amino-alcohol motifs (C(OH)–C–C–N with tert-alkyl or cyclic N) is 2. The summed E-state index contributed by atoms with van der Waals surface area (Å²) in [4.78, 5) is 34.0. The Morgan fingerprint density at radius 3 is 2.64 bits per heavy atom. The second kappa shape index (κ2) is 5.34. The second-order valence-electron chi connectivity index (χ2n) is 5.74. The summed E-state index contributed by atoms with van der Waals surface area (Å²) in [6.07, 6.45) is 2.77. The Balaban J connectivity index is 1.94. The summed E-state index contributed by atoms with van der Waals surface area (Å²) in [5, 5.41) is 30.6. The number of hydrogen-bond donors (Lipinski definition) is 3. The van der Waals surface area contributed by atoms with Crippen molar-refractivity contribution in [1.82, 2.24) is 14.5 Å². The van der Waals surface area contributed by atoms with Crippen molar-refractivity contribution in [1.29, 1.82) is 0 Å². The van der Waals surface area contributed by atoms with Gasteiger partial charge in [-0.3, -0.25) is 9.36 Å². The molecule has 9 nitrogen and oxygen atoms in total. The van der Waals surface area contributed by atoms with Crippen LogP contribution in [0.2, 0.25) is 0 Å². The van der Waals surface area contributed by atoms with Crippen LogP contribution in [0.1, 0.15) is 10.4 Å². The molecule has 0 unspecified atom stereocenters. The molecule has 3 aromatic rings. The van der Waals surface area contributed by atoms with Crippen LogP contribution >= 0.6 is 11.3 Å². The normalized spacial score (nSPS) is 16.0. The van der Waals surface area contributed by atoms with Crippen LogP contribution in [-0.2, 0) is 0 Å². The smallest absolute Gasteiger partial charge is 0.341 e. The number of thiazole rings is 1. The highest BCUT2D eigenvalue weighted by Gasteiger charge is 2.40. The number of fused-ring (bicyclic) bond motifs is 1. The molecule has 0 amide bonds. The number of aromatic carboxylic acids is 1. The number of pyridine rings is 2. The highest BCUT2D eigenvalue weighted by molar-refractivity contribution is 7.12. The van der Waals surface area contributed by atoms with Gasteiger partial charge in [-0.15, -0.1) is 11.3 Å². The molecule has 128 valence electrons. The summed E-state index contributed by atoms with van der Waals surface area (Å²) in [6, 6.07) is 3.04. The van der Waals surface area contributed by atoms with Crippen molar-refractivity contribution in [2.24, 2.45) is 0 Å². The Labute approximate surface area is 144 Å². The Kier molecular flexibility index (Phi) is 3.35. The molecule has 1 fully saturated rings. The lowest BCUT2D eigenvalue weighted by Crippen LogP contribution is -2.62. The minimum Gasteiger partial charge on any atom is -0.477 e. The quantitative estimate of drug-likeness (QED) is 0.559. The van der Waals surface area contributed by atoms with Crippen LogP contribution in [0.4, 0.5) is 5.82 Å². The molecule has 0 saturated carbocycles. The third-order valence-corrected chi connectivity index (χ3v) is 4.67. The van der Waals surface area contributed by atoms with Gasteiger partial charge < -0.3 is 20.2 Å². The van der Waals surface area contributed by atoms with E-state index < -0.39 is 17.2 Å². The van der Waals surface area contributed by atoms with Gasteiger partial charge in [-0.2, -0.15) is 0 Å². The lowest BCUT2D eigenvalue weighted by Gasteiger charge is -2.43. The average molecular weight is 360 g/mol. The second-order valence-corrected chi connectivity index (χ2v) is 6.61. The maximum atomic E-state index is 12.4. The molecule has 1 aliphatic rings. The van der Waals surface area contributed by atoms with Crippen LogP contribution in [-0.4, -0.2) is 54.7 Å². The molecule has 3 aromatic heterocycles. The molecular formula is C15H12N4O5S. The predicted octanol–water partition coefficient (Wildman–Crippen LogP) is 0.0413. The molecule has 1 saturated heterocycles. The van der Waals surface area contributed by atoms with Crippen LogP contribution in [0.15, 0.2) is 34.7 Å². The van der Waals surface area contributed by atoms with E-state index in [-0.39, 0.29) is 29.7 Å². The van der Waals surface area contributed by atoms with Gasteiger partial charge >= 0.3 is 5.97 Å². The van der Waals surface area contributed by atoms with Crippen molar-refractivity contribution < 1.29 is 20.1 Å².